The number of anilines is 1. The van der Waals surface area contributed by atoms with Crippen molar-refractivity contribution >= 4 is 5.69 Å². The fourth-order valence-electron chi connectivity index (χ4n) is 1.34. The van der Waals surface area contributed by atoms with Crippen LogP contribution in [-0.4, -0.2) is 6.54 Å². The predicted octanol–water partition coefficient (Wildman–Crippen LogP) is 4.09. The lowest BCUT2D eigenvalue weighted by Crippen LogP contribution is -2.07. The van der Waals surface area contributed by atoms with Crippen LogP contribution in [-0.2, 0) is 6.18 Å². The van der Waals surface area contributed by atoms with Gasteiger partial charge in [0.25, 0.3) is 0 Å². The molecular formula is C14H14F3N. The smallest absolute Gasteiger partial charge is 0.380 e. The molecule has 0 spiro atoms. The number of hydrogen-bond donors (Lipinski definition) is 1. The molecule has 4 heteroatoms. The van der Waals surface area contributed by atoms with Crippen molar-refractivity contribution in [1.82, 2.24) is 0 Å². The largest absolute Gasteiger partial charge is 0.416 e. The van der Waals surface area contributed by atoms with Crippen LogP contribution in [0, 0.1) is 12.3 Å². The quantitative estimate of drug-likeness (QED) is 0.800. The van der Waals surface area contributed by atoms with Gasteiger partial charge >= 0.3 is 6.18 Å². The molecule has 96 valence electrons. The Morgan fingerprint density at radius 1 is 1.22 bits per heavy atom. The van der Waals surface area contributed by atoms with Crippen LogP contribution in [0.2, 0.25) is 0 Å². The van der Waals surface area contributed by atoms with Gasteiger partial charge in [-0.1, -0.05) is 11.5 Å². The van der Waals surface area contributed by atoms with E-state index in [9.17, 15) is 13.2 Å². The van der Waals surface area contributed by atoms with Gasteiger partial charge in [0, 0.05) is 17.8 Å². The molecule has 0 bridgehead atoms. The van der Waals surface area contributed by atoms with Crippen LogP contribution in [0.5, 0.6) is 0 Å². The first-order chi connectivity index (χ1) is 8.34. The van der Waals surface area contributed by atoms with Crippen molar-refractivity contribution in [3.8, 4) is 12.3 Å². The number of terminal acetylenes is 1. The van der Waals surface area contributed by atoms with Crippen LogP contribution in [0.1, 0.15) is 19.4 Å². The average Bonchev–Trinajstić information content (AvgIpc) is 2.29. The summed E-state index contributed by atoms with van der Waals surface area (Å²) in [5.41, 5.74) is 1.76. The normalized spacial score (nSPS) is 10.7. The molecule has 0 saturated carbocycles. The maximum absolute atomic E-state index is 12.3. The van der Waals surface area contributed by atoms with Gasteiger partial charge in [-0.25, -0.2) is 0 Å². The fraction of sp³-hybridized carbons (Fsp3) is 0.286. The summed E-state index contributed by atoms with van der Waals surface area (Å²) in [6.45, 7) is 4.22. The van der Waals surface area contributed by atoms with E-state index in [1.54, 1.807) is 0 Å². The number of alkyl halides is 3. The Bertz CT molecular complexity index is 471. The molecule has 1 rings (SSSR count). The number of hydrogen-bond acceptors (Lipinski definition) is 1. The van der Waals surface area contributed by atoms with Gasteiger partial charge in [-0.05, 0) is 38.1 Å². The molecule has 1 aromatic carbocycles. The van der Waals surface area contributed by atoms with E-state index in [2.05, 4.69) is 11.2 Å². The third kappa shape index (κ3) is 3.85. The lowest BCUT2D eigenvalue weighted by molar-refractivity contribution is -0.137. The lowest BCUT2D eigenvalue weighted by Gasteiger charge is -2.10. The zero-order valence-corrected chi connectivity index (χ0v) is 10.2. The van der Waals surface area contributed by atoms with Crippen molar-refractivity contribution in [3.05, 3.63) is 41.0 Å². The van der Waals surface area contributed by atoms with Crippen LogP contribution in [0.4, 0.5) is 18.9 Å². The first-order valence-corrected chi connectivity index (χ1v) is 5.38. The van der Waals surface area contributed by atoms with Crippen LogP contribution in [0.25, 0.3) is 0 Å². The number of rotatable bonds is 3. The summed E-state index contributed by atoms with van der Waals surface area (Å²) in [5, 5.41) is 2.99. The van der Waals surface area contributed by atoms with Crippen molar-refractivity contribution < 1.29 is 13.2 Å². The van der Waals surface area contributed by atoms with E-state index in [-0.39, 0.29) is 0 Å². The Hall–Kier alpha value is -1.89. The van der Waals surface area contributed by atoms with E-state index >= 15 is 0 Å². The number of nitrogens with one attached hydrogen (secondary N) is 1. The van der Waals surface area contributed by atoms with Crippen molar-refractivity contribution in [2.24, 2.45) is 0 Å². The summed E-state index contributed by atoms with van der Waals surface area (Å²) >= 11 is 0. The third-order valence-electron chi connectivity index (χ3n) is 2.46. The van der Waals surface area contributed by atoms with Gasteiger partial charge in [-0.2, -0.15) is 13.2 Å². The van der Waals surface area contributed by atoms with Gasteiger partial charge in [0.15, 0.2) is 0 Å². The summed E-state index contributed by atoms with van der Waals surface area (Å²) < 4.78 is 37.0. The van der Waals surface area contributed by atoms with Crippen molar-refractivity contribution in [2.45, 2.75) is 20.0 Å². The topological polar surface area (TPSA) is 12.0 Å². The molecule has 0 aliphatic carbocycles. The van der Waals surface area contributed by atoms with Crippen LogP contribution in [0.15, 0.2) is 35.4 Å². The Balaban J connectivity index is 2.72. The van der Waals surface area contributed by atoms with E-state index in [4.69, 9.17) is 6.42 Å². The molecule has 0 saturated heterocycles. The second-order valence-corrected chi connectivity index (χ2v) is 4.05. The Morgan fingerprint density at radius 2 is 1.78 bits per heavy atom. The predicted molar refractivity (Wildman–Crippen MR) is 67.1 cm³/mol. The Labute approximate surface area is 105 Å². The minimum atomic E-state index is -4.30. The molecule has 0 radical (unpaired) electrons. The van der Waals surface area contributed by atoms with Gasteiger partial charge in [0.1, 0.15) is 0 Å². The third-order valence-corrected chi connectivity index (χ3v) is 2.46. The summed E-state index contributed by atoms with van der Waals surface area (Å²) in [6.07, 6.45) is 1.02. The monoisotopic (exact) mass is 253 g/mol. The van der Waals surface area contributed by atoms with Crippen molar-refractivity contribution in [3.63, 3.8) is 0 Å². The minimum absolute atomic E-state index is 0.435. The Kier molecular flexibility index (Phi) is 4.43. The van der Waals surface area contributed by atoms with E-state index in [1.807, 2.05) is 13.8 Å². The molecule has 1 aromatic rings. The minimum Gasteiger partial charge on any atom is -0.380 e. The van der Waals surface area contributed by atoms with Gasteiger partial charge < -0.3 is 5.32 Å². The highest BCUT2D eigenvalue weighted by atomic mass is 19.4. The molecule has 0 aliphatic heterocycles. The standard InChI is InChI=1S/C14H14F3N/c1-4-11(10(2)3)9-18-13-7-5-12(6-8-13)14(15,16)17/h1,5-8,18H,9H2,2-3H3. The maximum atomic E-state index is 12.3. The number of allylic oxidation sites excluding steroid dienone is 1. The average molecular weight is 253 g/mol. The summed E-state index contributed by atoms with van der Waals surface area (Å²) in [4.78, 5) is 0. The van der Waals surface area contributed by atoms with Gasteiger partial charge in [-0.15, -0.1) is 6.42 Å². The maximum Gasteiger partial charge on any atom is 0.416 e. The molecule has 0 aromatic heterocycles. The van der Waals surface area contributed by atoms with Crippen LogP contribution < -0.4 is 5.32 Å². The molecule has 0 aliphatic rings. The van der Waals surface area contributed by atoms with Crippen molar-refractivity contribution in [2.75, 3.05) is 11.9 Å². The van der Waals surface area contributed by atoms with Gasteiger partial charge in [-0.3, -0.25) is 0 Å². The highest BCUT2D eigenvalue weighted by molar-refractivity contribution is 5.48. The lowest BCUT2D eigenvalue weighted by atomic mass is 10.1. The number of halogens is 3. The molecule has 0 unspecified atom stereocenters. The first-order valence-electron chi connectivity index (χ1n) is 5.38. The van der Waals surface area contributed by atoms with Crippen LogP contribution >= 0.6 is 0 Å². The molecule has 18 heavy (non-hydrogen) atoms. The number of benzene rings is 1. The molecule has 1 nitrogen and oxygen atoms in total. The molecule has 0 amide bonds. The van der Waals surface area contributed by atoms with E-state index in [1.165, 1.54) is 12.1 Å². The molecule has 0 atom stereocenters. The highest BCUT2D eigenvalue weighted by Gasteiger charge is 2.29. The summed E-state index contributed by atoms with van der Waals surface area (Å²) in [7, 11) is 0. The van der Waals surface area contributed by atoms with Gasteiger partial charge in [0.2, 0.25) is 0 Å². The second kappa shape index (κ2) is 5.63. The summed E-state index contributed by atoms with van der Waals surface area (Å²) in [6, 6.07) is 4.87. The van der Waals surface area contributed by atoms with Crippen LogP contribution in [0.3, 0.4) is 0 Å². The molecule has 0 fully saturated rings. The van der Waals surface area contributed by atoms with E-state index in [0.29, 0.717) is 12.2 Å². The zero-order valence-electron chi connectivity index (χ0n) is 10.2. The molecule has 0 heterocycles. The van der Waals surface area contributed by atoms with E-state index < -0.39 is 11.7 Å². The molecular weight excluding hydrogens is 239 g/mol. The fourth-order valence-corrected chi connectivity index (χ4v) is 1.34. The zero-order chi connectivity index (χ0) is 13.8. The Morgan fingerprint density at radius 3 is 2.17 bits per heavy atom. The second-order valence-electron chi connectivity index (χ2n) is 4.05. The molecule has 1 N–H and O–H groups in total. The van der Waals surface area contributed by atoms with E-state index in [0.717, 1.165) is 23.3 Å². The van der Waals surface area contributed by atoms with Gasteiger partial charge in [0.05, 0.1) is 5.56 Å². The van der Waals surface area contributed by atoms with Crippen molar-refractivity contribution in [1.29, 1.82) is 0 Å². The highest BCUT2D eigenvalue weighted by Crippen LogP contribution is 2.29. The SMILES string of the molecule is C#CC(CNc1ccc(C(F)(F)F)cc1)=C(C)C. The first kappa shape index (κ1) is 14.2. The summed E-state index contributed by atoms with van der Waals surface area (Å²) in [5.74, 6) is 2.54.